The van der Waals surface area contributed by atoms with Crippen molar-refractivity contribution in [3.63, 3.8) is 0 Å². The van der Waals surface area contributed by atoms with Crippen LogP contribution in [0.1, 0.15) is 13.8 Å². The monoisotopic (exact) mass is 270 g/mol. The number of carbonyl (C=O) groups excluding carboxylic acids is 2. The Bertz CT molecular complexity index is 283. The van der Waals surface area contributed by atoms with Crippen LogP contribution in [0, 0.1) is 0 Å². The Morgan fingerprint density at radius 3 is 1.89 bits per heavy atom. The first-order chi connectivity index (χ1) is 9.24. The van der Waals surface area contributed by atoms with Crippen LogP contribution in [0.4, 0.5) is 0 Å². The lowest BCUT2D eigenvalue weighted by Crippen LogP contribution is -1.84. The van der Waals surface area contributed by atoms with Crippen molar-refractivity contribution in [2.45, 2.75) is 20.0 Å². The van der Waals surface area contributed by atoms with Gasteiger partial charge in [-0.2, -0.15) is 0 Å². The number of aldehydes is 1. The van der Waals surface area contributed by atoms with Crippen LogP contribution in [0.3, 0.4) is 0 Å². The molecule has 0 aromatic heterocycles. The normalized spacial score (nSPS) is 14.3. The highest BCUT2D eigenvalue weighted by molar-refractivity contribution is 5.58. The minimum atomic E-state index is -0.0463. The third kappa shape index (κ3) is 18.8. The minimum absolute atomic E-state index is 0.0463. The lowest BCUT2D eigenvalue weighted by atomic mass is 10.3. The summed E-state index contributed by atoms with van der Waals surface area (Å²) in [6, 6.07) is 8.71. The van der Waals surface area contributed by atoms with E-state index in [0.29, 0.717) is 12.4 Å². The van der Waals surface area contributed by atoms with Crippen LogP contribution in [0.5, 0.6) is 5.75 Å². The van der Waals surface area contributed by atoms with Crippen molar-refractivity contribution in [3.8, 4) is 5.75 Å². The maximum atomic E-state index is 9.44. The zero-order valence-corrected chi connectivity index (χ0v) is 11.5. The largest absolute Gasteiger partial charge is 0.508 e. The van der Waals surface area contributed by atoms with Crippen molar-refractivity contribution in [2.24, 2.45) is 0 Å². The standard InChI is InChI=1S/C6H6O.C4H10O.C3H4O2.CH2O/c7-6-4-2-1-3-5-6;1-3-5-4-2;4-1-3-2-5-3;1-2/h1-5,7H;3-4H2,1-2H3;1,3H,2H2;1H2. The number of hydrogen-bond donors (Lipinski definition) is 1. The zero-order valence-electron chi connectivity index (χ0n) is 11.5. The maximum Gasteiger partial charge on any atom is 0.151 e. The lowest BCUT2D eigenvalue weighted by molar-refractivity contribution is -0.108. The summed E-state index contributed by atoms with van der Waals surface area (Å²) in [5.41, 5.74) is 0. The van der Waals surface area contributed by atoms with E-state index in [1.54, 1.807) is 24.3 Å². The fourth-order valence-electron chi connectivity index (χ4n) is 0.766. The highest BCUT2D eigenvalue weighted by atomic mass is 16.6. The van der Waals surface area contributed by atoms with E-state index in [-0.39, 0.29) is 6.10 Å². The molecule has 1 unspecified atom stereocenters. The van der Waals surface area contributed by atoms with Gasteiger partial charge in [-0.05, 0) is 26.0 Å². The Morgan fingerprint density at radius 1 is 1.32 bits per heavy atom. The Morgan fingerprint density at radius 2 is 1.79 bits per heavy atom. The van der Waals surface area contributed by atoms with Gasteiger partial charge in [-0.3, -0.25) is 0 Å². The van der Waals surface area contributed by atoms with E-state index >= 15 is 0 Å². The first-order valence-electron chi connectivity index (χ1n) is 5.92. The summed E-state index contributed by atoms with van der Waals surface area (Å²) in [6.07, 6.45) is 0.759. The molecule has 5 nitrogen and oxygen atoms in total. The molecule has 1 aliphatic rings. The molecule has 0 spiro atoms. The topological polar surface area (TPSA) is 76.1 Å². The Labute approximate surface area is 114 Å². The predicted octanol–water partition coefficient (Wildman–Crippen LogP) is 1.83. The Hall–Kier alpha value is -1.72. The smallest absolute Gasteiger partial charge is 0.151 e. The highest BCUT2D eigenvalue weighted by Crippen LogP contribution is 2.03. The maximum absolute atomic E-state index is 9.44. The molecule has 0 saturated carbocycles. The van der Waals surface area contributed by atoms with Gasteiger partial charge in [0.25, 0.3) is 0 Å². The SMILES string of the molecule is C=O.CCOCC.O=CC1CO1.Oc1ccccc1. The fraction of sp³-hybridized carbons (Fsp3) is 0.429. The van der Waals surface area contributed by atoms with Gasteiger partial charge < -0.3 is 24.2 Å². The van der Waals surface area contributed by atoms with Gasteiger partial charge >= 0.3 is 0 Å². The van der Waals surface area contributed by atoms with Gasteiger partial charge in [0, 0.05) is 13.2 Å². The van der Waals surface area contributed by atoms with E-state index in [0.717, 1.165) is 19.5 Å². The van der Waals surface area contributed by atoms with E-state index < -0.39 is 0 Å². The summed E-state index contributed by atoms with van der Waals surface area (Å²) >= 11 is 0. The second-order valence-corrected chi connectivity index (χ2v) is 3.12. The van der Waals surface area contributed by atoms with Gasteiger partial charge in [-0.1, -0.05) is 18.2 Å². The molecular weight excluding hydrogens is 248 g/mol. The summed E-state index contributed by atoms with van der Waals surface area (Å²) in [6.45, 7) is 8.31. The molecule has 1 aromatic carbocycles. The quantitative estimate of drug-likeness (QED) is 0.670. The number of benzene rings is 1. The number of phenols is 1. The van der Waals surface area contributed by atoms with Crippen LogP contribution in [-0.4, -0.2) is 44.1 Å². The molecule has 0 amide bonds. The molecule has 1 aromatic rings. The summed E-state index contributed by atoms with van der Waals surface area (Å²) in [5.74, 6) is 0.322. The third-order valence-electron chi connectivity index (χ3n) is 1.68. The Kier molecular flexibility index (Phi) is 16.8. The first kappa shape index (κ1) is 19.6. The molecule has 0 bridgehead atoms. The van der Waals surface area contributed by atoms with Crippen LogP contribution < -0.4 is 0 Å². The van der Waals surface area contributed by atoms with Gasteiger partial charge in [-0.25, -0.2) is 0 Å². The van der Waals surface area contributed by atoms with Crippen molar-refractivity contribution in [1.82, 2.24) is 0 Å². The molecular formula is C14H22O5. The predicted molar refractivity (Wildman–Crippen MR) is 73.2 cm³/mol. The lowest BCUT2D eigenvalue weighted by Gasteiger charge is -1.86. The average molecular weight is 270 g/mol. The molecule has 2 rings (SSSR count). The van der Waals surface area contributed by atoms with E-state index in [9.17, 15) is 4.79 Å². The number of hydrogen-bond acceptors (Lipinski definition) is 5. The van der Waals surface area contributed by atoms with Crippen molar-refractivity contribution in [1.29, 1.82) is 0 Å². The molecule has 19 heavy (non-hydrogen) atoms. The van der Waals surface area contributed by atoms with Crippen LogP contribution in [0.15, 0.2) is 30.3 Å². The number of aromatic hydroxyl groups is 1. The van der Waals surface area contributed by atoms with E-state index in [1.165, 1.54) is 0 Å². The number of rotatable bonds is 3. The van der Waals surface area contributed by atoms with Gasteiger partial charge in [0.15, 0.2) is 6.29 Å². The number of epoxide rings is 1. The number of carbonyl (C=O) groups is 2. The van der Waals surface area contributed by atoms with E-state index in [4.69, 9.17) is 14.6 Å². The zero-order chi connectivity index (χ0) is 14.9. The molecule has 1 saturated heterocycles. The molecule has 1 aliphatic heterocycles. The van der Waals surface area contributed by atoms with Gasteiger partial charge in [0.2, 0.25) is 0 Å². The molecule has 0 radical (unpaired) electrons. The average Bonchev–Trinajstić information content (AvgIpc) is 3.28. The van der Waals surface area contributed by atoms with Gasteiger partial charge in [0.1, 0.15) is 18.6 Å². The second kappa shape index (κ2) is 16.3. The van der Waals surface area contributed by atoms with Crippen molar-refractivity contribution < 1.29 is 24.2 Å². The molecule has 1 atom stereocenters. The number of phenolic OH excluding ortho intramolecular Hbond substituents is 1. The van der Waals surface area contributed by atoms with Gasteiger partial charge in [0.05, 0.1) is 6.61 Å². The summed E-state index contributed by atoms with van der Waals surface area (Å²) in [5, 5.41) is 8.63. The minimum Gasteiger partial charge on any atom is -0.508 e. The van der Waals surface area contributed by atoms with Crippen molar-refractivity contribution in [2.75, 3.05) is 19.8 Å². The first-order valence-corrected chi connectivity index (χ1v) is 5.92. The van der Waals surface area contributed by atoms with E-state index in [2.05, 4.69) is 4.74 Å². The van der Waals surface area contributed by atoms with E-state index in [1.807, 2.05) is 26.7 Å². The number of para-hydroxylation sites is 1. The second-order valence-electron chi connectivity index (χ2n) is 3.12. The summed E-state index contributed by atoms with van der Waals surface area (Å²) < 4.78 is 9.32. The summed E-state index contributed by atoms with van der Waals surface area (Å²) in [7, 11) is 0. The molecule has 0 aliphatic carbocycles. The molecule has 1 N–H and O–H groups in total. The van der Waals surface area contributed by atoms with Crippen molar-refractivity contribution in [3.05, 3.63) is 30.3 Å². The number of ether oxygens (including phenoxy) is 2. The van der Waals surface area contributed by atoms with Crippen LogP contribution >= 0.6 is 0 Å². The fourth-order valence-corrected chi connectivity index (χ4v) is 0.766. The third-order valence-corrected chi connectivity index (χ3v) is 1.68. The Balaban J connectivity index is 0. The molecule has 5 heteroatoms. The van der Waals surface area contributed by atoms with Crippen LogP contribution in [0.25, 0.3) is 0 Å². The molecule has 108 valence electrons. The van der Waals surface area contributed by atoms with Gasteiger partial charge in [-0.15, -0.1) is 0 Å². The highest BCUT2D eigenvalue weighted by Gasteiger charge is 2.19. The molecule has 1 fully saturated rings. The molecule has 1 heterocycles. The van der Waals surface area contributed by atoms with Crippen LogP contribution in [-0.2, 0) is 19.1 Å². The van der Waals surface area contributed by atoms with Crippen molar-refractivity contribution >= 4 is 13.1 Å². The van der Waals surface area contributed by atoms with Crippen LogP contribution in [0.2, 0.25) is 0 Å². The summed E-state index contributed by atoms with van der Waals surface area (Å²) in [4.78, 5) is 17.4.